The zero-order valence-corrected chi connectivity index (χ0v) is 34.1. The second kappa shape index (κ2) is 36.7. The fourth-order valence-corrected chi connectivity index (χ4v) is 7.47. The molecular weight excluding hydrogens is 620 g/mol. The summed E-state index contributed by atoms with van der Waals surface area (Å²) in [5.41, 5.74) is 0. The number of nitrogens with zero attached hydrogens (tertiary/aromatic N) is 2. The lowest BCUT2D eigenvalue weighted by Crippen LogP contribution is -2.42. The second-order valence-corrected chi connectivity index (χ2v) is 15.9. The fraction of sp³-hybridized carbons (Fsp3) is 0.977. The molecule has 0 aromatic carbocycles. The largest absolute Gasteiger partial charge is 0.465 e. The molecule has 2 unspecified atom stereocenters. The molecule has 1 fully saturated rings. The van der Waals surface area contributed by atoms with Gasteiger partial charge in [-0.2, -0.15) is 0 Å². The van der Waals surface area contributed by atoms with Crippen LogP contribution in [0.5, 0.6) is 0 Å². The number of aliphatic hydroxyl groups excluding tert-OH is 1. The Morgan fingerprint density at radius 1 is 0.620 bits per heavy atom. The number of likely N-dealkylation sites (tertiary alicyclic amines) is 1. The Hall–Kier alpha value is -0.690. The Morgan fingerprint density at radius 3 is 1.74 bits per heavy atom. The molecule has 6 heteroatoms. The molecule has 1 saturated heterocycles. The van der Waals surface area contributed by atoms with E-state index in [0.717, 1.165) is 51.9 Å². The van der Waals surface area contributed by atoms with E-state index in [4.69, 9.17) is 9.47 Å². The standard InChI is InChI=1S/C44H88N2O4/c1-4-7-10-13-15-16-17-18-20-29-38-49-41-43(47)39-46(37-36-45-33-27-22-28-34-45)35-26-21-25-32-44(48)50-40-42(30-23-12-9-6-3)31-24-19-14-11-8-5-2/h42-43,47H,4-41H2,1-3H3. The van der Waals surface area contributed by atoms with Gasteiger partial charge in [-0.05, 0) is 70.5 Å². The molecule has 0 aliphatic carbocycles. The summed E-state index contributed by atoms with van der Waals surface area (Å²) in [6, 6.07) is 0. The first-order chi connectivity index (χ1) is 24.6. The van der Waals surface area contributed by atoms with E-state index in [9.17, 15) is 9.90 Å². The minimum absolute atomic E-state index is 0.0107. The van der Waals surface area contributed by atoms with E-state index in [1.165, 1.54) is 167 Å². The number of aliphatic hydroxyl groups is 1. The van der Waals surface area contributed by atoms with Crippen LogP contribution < -0.4 is 0 Å². The molecule has 0 saturated carbocycles. The van der Waals surface area contributed by atoms with Gasteiger partial charge in [-0.1, -0.05) is 156 Å². The van der Waals surface area contributed by atoms with E-state index in [1.807, 2.05) is 0 Å². The Kier molecular flexibility index (Phi) is 34.7. The fourth-order valence-electron chi connectivity index (χ4n) is 7.47. The molecule has 0 spiro atoms. The maximum atomic E-state index is 12.7. The first-order valence-corrected chi connectivity index (χ1v) is 22.4. The Balaban J connectivity index is 2.29. The summed E-state index contributed by atoms with van der Waals surface area (Å²) in [5, 5.41) is 10.8. The quantitative estimate of drug-likeness (QED) is 0.0509. The highest BCUT2D eigenvalue weighted by atomic mass is 16.5. The molecule has 0 aromatic rings. The van der Waals surface area contributed by atoms with Crippen LogP contribution in [-0.4, -0.2) is 86.1 Å². The highest BCUT2D eigenvalue weighted by molar-refractivity contribution is 5.69. The van der Waals surface area contributed by atoms with E-state index in [1.54, 1.807) is 0 Å². The average molecular weight is 709 g/mol. The van der Waals surface area contributed by atoms with Crippen molar-refractivity contribution in [3.63, 3.8) is 0 Å². The van der Waals surface area contributed by atoms with Crippen LogP contribution in [0, 0.1) is 5.92 Å². The lowest BCUT2D eigenvalue weighted by atomic mass is 9.95. The zero-order valence-electron chi connectivity index (χ0n) is 34.1. The van der Waals surface area contributed by atoms with Crippen molar-refractivity contribution in [1.82, 2.24) is 9.80 Å². The van der Waals surface area contributed by atoms with Gasteiger partial charge < -0.3 is 19.5 Å². The number of piperidine rings is 1. The summed E-state index contributed by atoms with van der Waals surface area (Å²) >= 11 is 0. The second-order valence-electron chi connectivity index (χ2n) is 15.9. The van der Waals surface area contributed by atoms with Crippen molar-refractivity contribution in [2.75, 3.05) is 59.1 Å². The molecule has 1 rings (SSSR count). The van der Waals surface area contributed by atoms with Crippen LogP contribution in [0.1, 0.15) is 207 Å². The normalized spacial score (nSPS) is 15.1. The molecule has 0 amide bonds. The maximum Gasteiger partial charge on any atom is 0.305 e. The maximum absolute atomic E-state index is 12.7. The molecule has 6 nitrogen and oxygen atoms in total. The highest BCUT2D eigenvalue weighted by Gasteiger charge is 2.16. The van der Waals surface area contributed by atoms with Gasteiger partial charge in [-0.25, -0.2) is 0 Å². The van der Waals surface area contributed by atoms with Crippen LogP contribution in [0.15, 0.2) is 0 Å². The molecule has 0 bridgehead atoms. The van der Waals surface area contributed by atoms with Crippen molar-refractivity contribution in [2.45, 2.75) is 213 Å². The van der Waals surface area contributed by atoms with Crippen molar-refractivity contribution in [2.24, 2.45) is 5.92 Å². The van der Waals surface area contributed by atoms with Gasteiger partial charge in [-0.3, -0.25) is 9.69 Å². The van der Waals surface area contributed by atoms with Gasteiger partial charge in [0.2, 0.25) is 0 Å². The third kappa shape index (κ3) is 30.9. The summed E-state index contributed by atoms with van der Waals surface area (Å²) < 4.78 is 11.7. The monoisotopic (exact) mass is 709 g/mol. The van der Waals surface area contributed by atoms with Gasteiger partial charge in [0.25, 0.3) is 0 Å². The predicted octanol–water partition coefficient (Wildman–Crippen LogP) is 11.5. The van der Waals surface area contributed by atoms with Crippen LogP contribution in [0.2, 0.25) is 0 Å². The number of esters is 1. The number of unbranched alkanes of at least 4 members (excludes halogenated alkanes) is 19. The molecular formula is C44H88N2O4. The number of carbonyl (C=O) groups is 1. The van der Waals surface area contributed by atoms with Crippen LogP contribution in [0.3, 0.4) is 0 Å². The van der Waals surface area contributed by atoms with Crippen molar-refractivity contribution in [3.8, 4) is 0 Å². The minimum atomic E-state index is -0.444. The predicted molar refractivity (Wildman–Crippen MR) is 215 cm³/mol. The van der Waals surface area contributed by atoms with Crippen LogP contribution in [-0.2, 0) is 14.3 Å². The van der Waals surface area contributed by atoms with Gasteiger partial charge in [0, 0.05) is 32.7 Å². The number of hydrogen-bond acceptors (Lipinski definition) is 6. The third-order valence-electron chi connectivity index (χ3n) is 10.9. The van der Waals surface area contributed by atoms with E-state index < -0.39 is 6.10 Å². The number of carbonyl (C=O) groups excluding carboxylic acids is 1. The van der Waals surface area contributed by atoms with Crippen LogP contribution >= 0.6 is 0 Å². The molecule has 1 N–H and O–H groups in total. The molecule has 1 heterocycles. The van der Waals surface area contributed by atoms with Gasteiger partial charge in [0.05, 0.1) is 19.3 Å². The Bertz CT molecular complexity index is 702. The number of hydrogen-bond donors (Lipinski definition) is 1. The Morgan fingerprint density at radius 2 is 1.14 bits per heavy atom. The van der Waals surface area contributed by atoms with E-state index in [2.05, 4.69) is 30.6 Å². The van der Waals surface area contributed by atoms with Crippen molar-refractivity contribution >= 4 is 5.97 Å². The van der Waals surface area contributed by atoms with Gasteiger partial charge in [0.15, 0.2) is 0 Å². The van der Waals surface area contributed by atoms with E-state index in [-0.39, 0.29) is 5.97 Å². The molecule has 0 aromatic heterocycles. The average Bonchev–Trinajstić information content (AvgIpc) is 3.13. The van der Waals surface area contributed by atoms with Gasteiger partial charge >= 0.3 is 5.97 Å². The smallest absolute Gasteiger partial charge is 0.305 e. The van der Waals surface area contributed by atoms with Crippen molar-refractivity contribution in [3.05, 3.63) is 0 Å². The Labute approximate surface area is 312 Å². The molecule has 298 valence electrons. The van der Waals surface area contributed by atoms with Crippen LogP contribution in [0.4, 0.5) is 0 Å². The molecule has 1 aliphatic rings. The summed E-state index contributed by atoms with van der Waals surface area (Å²) in [7, 11) is 0. The van der Waals surface area contributed by atoms with E-state index in [0.29, 0.717) is 32.1 Å². The summed E-state index contributed by atoms with van der Waals surface area (Å²) in [6.07, 6.45) is 35.8. The first kappa shape index (κ1) is 47.3. The highest BCUT2D eigenvalue weighted by Crippen LogP contribution is 2.20. The summed E-state index contributed by atoms with van der Waals surface area (Å²) in [6.45, 7) is 14.8. The van der Waals surface area contributed by atoms with Crippen molar-refractivity contribution < 1.29 is 19.4 Å². The molecule has 50 heavy (non-hydrogen) atoms. The van der Waals surface area contributed by atoms with E-state index >= 15 is 0 Å². The topological polar surface area (TPSA) is 62.2 Å². The molecule has 2 atom stereocenters. The first-order valence-electron chi connectivity index (χ1n) is 22.4. The summed E-state index contributed by atoms with van der Waals surface area (Å²) in [5.74, 6) is 0.518. The van der Waals surface area contributed by atoms with Gasteiger partial charge in [0.1, 0.15) is 0 Å². The minimum Gasteiger partial charge on any atom is -0.465 e. The van der Waals surface area contributed by atoms with Gasteiger partial charge in [-0.15, -0.1) is 0 Å². The molecule has 0 radical (unpaired) electrons. The lowest BCUT2D eigenvalue weighted by Gasteiger charge is -2.31. The summed E-state index contributed by atoms with van der Waals surface area (Å²) in [4.78, 5) is 17.7. The zero-order chi connectivity index (χ0) is 36.2. The molecule has 1 aliphatic heterocycles. The van der Waals surface area contributed by atoms with Crippen LogP contribution in [0.25, 0.3) is 0 Å². The van der Waals surface area contributed by atoms with Crippen molar-refractivity contribution in [1.29, 1.82) is 0 Å². The third-order valence-corrected chi connectivity index (χ3v) is 10.9. The lowest BCUT2D eigenvalue weighted by molar-refractivity contribution is -0.145. The SMILES string of the molecule is CCCCCCCCCCCCOCC(O)CN(CCCCCC(=O)OCC(CCCCCC)CCCCCCCC)CCN1CCCCC1. The number of ether oxygens (including phenoxy) is 2. The number of rotatable bonds is 38.